The van der Waals surface area contributed by atoms with Gasteiger partial charge in [-0.1, -0.05) is 60.7 Å². The van der Waals surface area contributed by atoms with Gasteiger partial charge in [-0.3, -0.25) is 4.79 Å². The smallest absolute Gasteiger partial charge is 0.375 e. The second-order valence-electron chi connectivity index (χ2n) is 6.41. The van der Waals surface area contributed by atoms with Crippen molar-refractivity contribution in [3.05, 3.63) is 71.8 Å². The molecule has 4 heteroatoms. The lowest BCUT2D eigenvalue weighted by Crippen LogP contribution is -2.44. The van der Waals surface area contributed by atoms with E-state index in [1.165, 1.54) is 0 Å². The molecule has 1 heterocycles. The Bertz CT molecular complexity index is 706. The Kier molecular flexibility index (Phi) is 5.61. The minimum Gasteiger partial charge on any atom is -0.448 e. The van der Waals surface area contributed by atoms with Gasteiger partial charge in [0.15, 0.2) is 0 Å². The molecule has 0 unspecified atom stereocenters. The van der Waals surface area contributed by atoms with Gasteiger partial charge >= 0.3 is 5.97 Å². The summed E-state index contributed by atoms with van der Waals surface area (Å²) in [6.07, 6.45) is 2.07. The lowest BCUT2D eigenvalue weighted by Gasteiger charge is -2.37. The third kappa shape index (κ3) is 4.34. The molecule has 1 aliphatic heterocycles. The van der Waals surface area contributed by atoms with Crippen LogP contribution in [0.5, 0.6) is 0 Å². The summed E-state index contributed by atoms with van der Waals surface area (Å²) in [5.41, 5.74) is 1.30. The Morgan fingerprint density at radius 1 is 0.920 bits per heavy atom. The van der Waals surface area contributed by atoms with Crippen molar-refractivity contribution in [1.82, 2.24) is 5.32 Å². The van der Waals surface area contributed by atoms with Crippen molar-refractivity contribution in [3.63, 3.8) is 0 Å². The van der Waals surface area contributed by atoms with Crippen molar-refractivity contribution in [3.8, 4) is 0 Å². The molecular formula is C21H23NO3. The number of esters is 1. The third-order valence-electron chi connectivity index (χ3n) is 4.71. The molecule has 1 aliphatic rings. The van der Waals surface area contributed by atoms with Crippen LogP contribution < -0.4 is 5.32 Å². The van der Waals surface area contributed by atoms with Crippen molar-refractivity contribution in [2.24, 2.45) is 0 Å². The van der Waals surface area contributed by atoms with E-state index in [4.69, 9.17) is 4.74 Å². The van der Waals surface area contributed by atoms with Crippen molar-refractivity contribution in [2.75, 3.05) is 13.1 Å². The van der Waals surface area contributed by atoms with Crippen LogP contribution in [0.2, 0.25) is 0 Å². The van der Waals surface area contributed by atoms with E-state index in [1.54, 1.807) is 0 Å². The zero-order chi connectivity index (χ0) is 17.5. The van der Waals surface area contributed by atoms with Gasteiger partial charge in [0.25, 0.3) is 0 Å². The molecule has 4 nitrogen and oxygen atoms in total. The van der Waals surface area contributed by atoms with E-state index in [9.17, 15) is 9.59 Å². The predicted octanol–water partition coefficient (Wildman–Crippen LogP) is 3.01. The molecular weight excluding hydrogens is 314 g/mol. The van der Waals surface area contributed by atoms with E-state index >= 15 is 0 Å². The molecule has 2 aromatic carbocycles. The second-order valence-corrected chi connectivity index (χ2v) is 6.41. The molecule has 3 rings (SSSR count). The maximum absolute atomic E-state index is 12.4. The Labute approximate surface area is 148 Å². The first kappa shape index (κ1) is 17.4. The monoisotopic (exact) mass is 337 g/mol. The average Bonchev–Trinajstić information content (AvgIpc) is 2.68. The normalized spacial score (nSPS) is 16.2. The summed E-state index contributed by atoms with van der Waals surface area (Å²) in [5.74, 6) is -1.18. The molecule has 0 spiro atoms. The molecule has 0 atom stereocenters. The molecule has 0 aromatic heterocycles. The van der Waals surface area contributed by atoms with E-state index in [0.717, 1.165) is 24.2 Å². The first-order valence-corrected chi connectivity index (χ1v) is 8.76. The summed E-state index contributed by atoms with van der Waals surface area (Å²) < 4.78 is 5.79. The average molecular weight is 337 g/mol. The van der Waals surface area contributed by atoms with Gasteiger partial charge in [0.05, 0.1) is 0 Å². The zero-order valence-corrected chi connectivity index (χ0v) is 14.2. The van der Waals surface area contributed by atoms with Gasteiger partial charge in [0.2, 0.25) is 5.78 Å². The second kappa shape index (κ2) is 8.08. The molecule has 1 saturated heterocycles. The Morgan fingerprint density at radius 2 is 1.52 bits per heavy atom. The van der Waals surface area contributed by atoms with Crippen LogP contribution in [-0.4, -0.2) is 24.8 Å². The third-order valence-corrected chi connectivity index (χ3v) is 4.71. The molecule has 1 N–H and O–H groups in total. The van der Waals surface area contributed by atoms with E-state index in [-0.39, 0.29) is 6.42 Å². The predicted molar refractivity (Wildman–Crippen MR) is 96.1 cm³/mol. The summed E-state index contributed by atoms with van der Waals surface area (Å²) >= 11 is 0. The van der Waals surface area contributed by atoms with Crippen molar-refractivity contribution in [2.45, 2.75) is 31.3 Å². The highest BCUT2D eigenvalue weighted by molar-refractivity contribution is 6.33. The molecule has 2 aromatic rings. The van der Waals surface area contributed by atoms with Gasteiger partial charge in [-0.25, -0.2) is 4.79 Å². The summed E-state index contributed by atoms with van der Waals surface area (Å²) in [6, 6.07) is 19.4. The molecule has 25 heavy (non-hydrogen) atoms. The number of aryl methyl sites for hydroxylation is 1. The molecule has 0 radical (unpaired) electrons. The number of carbonyl (C=O) groups excluding carboxylic acids is 2. The van der Waals surface area contributed by atoms with Gasteiger partial charge in [0, 0.05) is 19.3 Å². The van der Waals surface area contributed by atoms with Gasteiger partial charge in [-0.15, -0.1) is 0 Å². The van der Waals surface area contributed by atoms with Crippen LogP contribution in [0, 0.1) is 0 Å². The molecule has 0 bridgehead atoms. The van der Waals surface area contributed by atoms with Gasteiger partial charge < -0.3 is 10.1 Å². The Balaban J connectivity index is 1.67. The number of benzene rings is 2. The van der Waals surface area contributed by atoms with Crippen molar-refractivity contribution < 1.29 is 14.3 Å². The first-order chi connectivity index (χ1) is 12.2. The zero-order valence-electron chi connectivity index (χ0n) is 14.2. The number of rotatable bonds is 6. The van der Waals surface area contributed by atoms with Crippen LogP contribution in [-0.2, 0) is 26.3 Å². The molecule has 130 valence electrons. The van der Waals surface area contributed by atoms with E-state index in [0.29, 0.717) is 19.3 Å². The lowest BCUT2D eigenvalue weighted by atomic mass is 9.84. The summed E-state index contributed by atoms with van der Waals surface area (Å²) in [5, 5.41) is 3.28. The quantitative estimate of drug-likeness (QED) is 0.650. The van der Waals surface area contributed by atoms with Crippen molar-refractivity contribution >= 4 is 11.8 Å². The van der Waals surface area contributed by atoms with Crippen molar-refractivity contribution in [1.29, 1.82) is 0 Å². The largest absolute Gasteiger partial charge is 0.448 e. The lowest BCUT2D eigenvalue weighted by molar-refractivity contribution is -0.170. The minimum absolute atomic E-state index is 0.173. The van der Waals surface area contributed by atoms with Gasteiger partial charge in [-0.2, -0.15) is 0 Å². The van der Waals surface area contributed by atoms with Gasteiger partial charge in [-0.05, 0) is 30.6 Å². The number of piperidine rings is 1. The highest BCUT2D eigenvalue weighted by Crippen LogP contribution is 2.35. The SMILES string of the molecule is O=C(CCc1ccccc1)C(=O)OC1(c2ccccc2)CCNCC1. The fourth-order valence-electron chi connectivity index (χ4n) is 3.26. The number of Topliss-reactive ketones (excluding diaryl/α,β-unsaturated/α-hetero) is 1. The number of ketones is 1. The number of ether oxygens (including phenoxy) is 1. The van der Waals surface area contributed by atoms with Crippen LogP contribution in [0.1, 0.15) is 30.4 Å². The van der Waals surface area contributed by atoms with Crippen LogP contribution in [0.4, 0.5) is 0 Å². The number of hydrogen-bond donors (Lipinski definition) is 1. The maximum atomic E-state index is 12.4. The van der Waals surface area contributed by atoms with E-state index in [2.05, 4.69) is 5.32 Å². The summed E-state index contributed by atoms with van der Waals surface area (Å²) in [4.78, 5) is 24.7. The Morgan fingerprint density at radius 3 is 2.16 bits per heavy atom. The topological polar surface area (TPSA) is 55.4 Å². The summed E-state index contributed by atoms with van der Waals surface area (Å²) in [7, 11) is 0. The molecule has 0 saturated carbocycles. The maximum Gasteiger partial charge on any atom is 0.375 e. The van der Waals surface area contributed by atoms with E-state index < -0.39 is 17.4 Å². The number of nitrogens with one attached hydrogen (secondary N) is 1. The fourth-order valence-corrected chi connectivity index (χ4v) is 3.26. The first-order valence-electron chi connectivity index (χ1n) is 8.76. The van der Waals surface area contributed by atoms with E-state index in [1.807, 2.05) is 60.7 Å². The minimum atomic E-state index is -0.721. The molecule has 0 aliphatic carbocycles. The fraction of sp³-hybridized carbons (Fsp3) is 0.333. The molecule has 0 amide bonds. The highest BCUT2D eigenvalue weighted by atomic mass is 16.6. The van der Waals surface area contributed by atoms with Crippen LogP contribution in [0.25, 0.3) is 0 Å². The summed E-state index contributed by atoms with van der Waals surface area (Å²) in [6.45, 7) is 1.53. The Hall–Kier alpha value is -2.46. The number of hydrogen-bond acceptors (Lipinski definition) is 4. The van der Waals surface area contributed by atoms with Crippen LogP contribution in [0.15, 0.2) is 60.7 Å². The number of carbonyl (C=O) groups is 2. The highest BCUT2D eigenvalue weighted by Gasteiger charge is 2.39. The van der Waals surface area contributed by atoms with Gasteiger partial charge in [0.1, 0.15) is 5.60 Å². The van der Waals surface area contributed by atoms with Crippen LogP contribution in [0.3, 0.4) is 0 Å². The molecule has 1 fully saturated rings. The van der Waals surface area contributed by atoms with Crippen LogP contribution >= 0.6 is 0 Å². The standard InChI is InChI=1S/C21H23NO3/c23-19(12-11-17-7-3-1-4-8-17)20(24)25-21(13-15-22-16-14-21)18-9-5-2-6-10-18/h1-10,22H,11-16H2.